The van der Waals surface area contributed by atoms with Crippen LogP contribution in [0.4, 0.5) is 13.2 Å². The summed E-state index contributed by atoms with van der Waals surface area (Å²) in [5.74, 6) is -2.44. The summed E-state index contributed by atoms with van der Waals surface area (Å²) < 4.78 is 42.0. The molecule has 2 heterocycles. The number of hydrogen-bond acceptors (Lipinski definition) is 3. The van der Waals surface area contributed by atoms with E-state index in [1.54, 1.807) is 6.20 Å². The molecule has 3 aromatic rings. The van der Waals surface area contributed by atoms with Crippen LogP contribution in [0.1, 0.15) is 27.2 Å². The normalized spacial score (nSPS) is 13.0. The number of halogens is 3. The van der Waals surface area contributed by atoms with Crippen LogP contribution >= 0.6 is 0 Å². The highest BCUT2D eigenvalue weighted by Crippen LogP contribution is 2.26. The van der Waals surface area contributed by atoms with E-state index in [-0.39, 0.29) is 28.9 Å². The van der Waals surface area contributed by atoms with Gasteiger partial charge in [0.2, 0.25) is 0 Å². The standard InChI is InChI=1S/C24H18F3N3O/c25-16-7-8-18(21(27)13-16)15-12-22(30-14-15)23-19(5-3-6-20(23)26)24(31)29-11-9-17-4-1-2-10-28-17/h1-8,10,12-13H,9,11,14H2,(H,29,31). The first-order valence-corrected chi connectivity index (χ1v) is 9.70. The van der Waals surface area contributed by atoms with E-state index in [4.69, 9.17) is 0 Å². The quantitative estimate of drug-likeness (QED) is 0.643. The molecule has 0 saturated heterocycles. The Morgan fingerprint density at radius 1 is 1.00 bits per heavy atom. The lowest BCUT2D eigenvalue weighted by Crippen LogP contribution is -2.28. The molecule has 1 aliphatic heterocycles. The van der Waals surface area contributed by atoms with Gasteiger partial charge >= 0.3 is 0 Å². The molecule has 0 aliphatic carbocycles. The molecule has 0 bridgehead atoms. The van der Waals surface area contributed by atoms with Crippen LogP contribution in [0, 0.1) is 17.5 Å². The largest absolute Gasteiger partial charge is 0.352 e. The fraction of sp³-hybridized carbons (Fsp3) is 0.125. The Balaban J connectivity index is 1.55. The van der Waals surface area contributed by atoms with Crippen LogP contribution in [-0.4, -0.2) is 29.7 Å². The van der Waals surface area contributed by atoms with Gasteiger partial charge in [-0.3, -0.25) is 14.8 Å². The number of carbonyl (C=O) groups excluding carboxylic acids is 1. The zero-order valence-electron chi connectivity index (χ0n) is 16.4. The molecule has 1 aliphatic rings. The van der Waals surface area contributed by atoms with Gasteiger partial charge in [0, 0.05) is 42.0 Å². The molecule has 1 N–H and O–H groups in total. The number of allylic oxidation sites excluding steroid dienone is 1. The molecular formula is C24H18F3N3O. The van der Waals surface area contributed by atoms with E-state index in [2.05, 4.69) is 15.3 Å². The van der Waals surface area contributed by atoms with Crippen LogP contribution in [0.2, 0.25) is 0 Å². The molecule has 0 radical (unpaired) electrons. The van der Waals surface area contributed by atoms with Crippen molar-refractivity contribution in [3.05, 3.63) is 107 Å². The van der Waals surface area contributed by atoms with Crippen LogP contribution in [0.5, 0.6) is 0 Å². The second kappa shape index (κ2) is 8.95. The molecule has 0 unspecified atom stereocenters. The third-order valence-electron chi connectivity index (χ3n) is 4.92. The van der Waals surface area contributed by atoms with E-state index in [0.29, 0.717) is 18.5 Å². The monoisotopic (exact) mass is 421 g/mol. The number of amides is 1. The maximum absolute atomic E-state index is 14.7. The van der Waals surface area contributed by atoms with Gasteiger partial charge in [-0.05, 0) is 48.0 Å². The third-order valence-corrected chi connectivity index (χ3v) is 4.92. The predicted molar refractivity (Wildman–Crippen MR) is 112 cm³/mol. The Labute approximate surface area is 177 Å². The molecule has 0 saturated carbocycles. The number of nitrogens with zero attached hydrogens (tertiary/aromatic N) is 2. The van der Waals surface area contributed by atoms with Crippen molar-refractivity contribution < 1.29 is 18.0 Å². The van der Waals surface area contributed by atoms with Crippen molar-refractivity contribution in [2.45, 2.75) is 6.42 Å². The summed E-state index contributed by atoms with van der Waals surface area (Å²) in [7, 11) is 0. The summed E-state index contributed by atoms with van der Waals surface area (Å²) >= 11 is 0. The van der Waals surface area contributed by atoms with Crippen LogP contribution in [0.25, 0.3) is 5.57 Å². The van der Waals surface area contributed by atoms with E-state index in [1.807, 2.05) is 18.2 Å². The van der Waals surface area contributed by atoms with E-state index < -0.39 is 23.4 Å². The second-order valence-corrected chi connectivity index (χ2v) is 6.98. The van der Waals surface area contributed by atoms with Gasteiger partial charge in [0.15, 0.2) is 0 Å². The number of benzene rings is 2. The van der Waals surface area contributed by atoms with Gasteiger partial charge in [-0.2, -0.15) is 0 Å². The van der Waals surface area contributed by atoms with Crippen molar-refractivity contribution in [3.63, 3.8) is 0 Å². The minimum absolute atomic E-state index is 0.0513. The highest BCUT2D eigenvalue weighted by molar-refractivity contribution is 6.19. The zero-order chi connectivity index (χ0) is 21.8. The Bertz CT molecular complexity index is 1190. The second-order valence-electron chi connectivity index (χ2n) is 6.98. The molecule has 4 nitrogen and oxygen atoms in total. The number of nitrogens with one attached hydrogen (secondary N) is 1. The molecule has 4 rings (SSSR count). The summed E-state index contributed by atoms with van der Waals surface area (Å²) in [6.07, 6.45) is 3.74. The third kappa shape index (κ3) is 4.55. The highest BCUT2D eigenvalue weighted by atomic mass is 19.1. The Morgan fingerprint density at radius 2 is 1.87 bits per heavy atom. The van der Waals surface area contributed by atoms with Gasteiger partial charge in [-0.15, -0.1) is 0 Å². The summed E-state index contributed by atoms with van der Waals surface area (Å²) in [4.78, 5) is 21.2. The van der Waals surface area contributed by atoms with E-state index in [0.717, 1.165) is 17.8 Å². The molecule has 1 amide bonds. The number of hydrogen-bond donors (Lipinski definition) is 1. The van der Waals surface area contributed by atoms with Gasteiger partial charge in [0.05, 0.1) is 17.8 Å². The zero-order valence-corrected chi connectivity index (χ0v) is 16.4. The van der Waals surface area contributed by atoms with Crippen molar-refractivity contribution in [1.29, 1.82) is 0 Å². The maximum atomic E-state index is 14.7. The predicted octanol–water partition coefficient (Wildman–Crippen LogP) is 4.36. The summed E-state index contributed by atoms with van der Waals surface area (Å²) in [6, 6.07) is 13.0. The Morgan fingerprint density at radius 3 is 2.65 bits per heavy atom. The first-order valence-electron chi connectivity index (χ1n) is 9.70. The van der Waals surface area contributed by atoms with Gasteiger partial charge in [0.25, 0.3) is 5.91 Å². The number of aromatic nitrogens is 1. The lowest BCUT2D eigenvalue weighted by atomic mass is 9.99. The van der Waals surface area contributed by atoms with Crippen molar-refractivity contribution >= 4 is 17.2 Å². The molecule has 1 aromatic heterocycles. The van der Waals surface area contributed by atoms with Crippen molar-refractivity contribution in [1.82, 2.24) is 10.3 Å². The molecule has 0 spiro atoms. The van der Waals surface area contributed by atoms with Crippen molar-refractivity contribution in [2.24, 2.45) is 4.99 Å². The molecule has 0 fully saturated rings. The van der Waals surface area contributed by atoms with Crippen LogP contribution in [-0.2, 0) is 6.42 Å². The fourth-order valence-electron chi connectivity index (χ4n) is 3.41. The SMILES string of the molecule is O=C(NCCc1ccccn1)c1cccc(F)c1C1=NCC(c2ccc(F)cc2F)=C1. The smallest absolute Gasteiger partial charge is 0.252 e. The topological polar surface area (TPSA) is 54.4 Å². The van der Waals surface area contributed by atoms with Crippen molar-refractivity contribution in [3.8, 4) is 0 Å². The summed E-state index contributed by atoms with van der Waals surface area (Å²) in [6.45, 7) is 0.438. The number of carbonyl (C=O) groups is 1. The fourth-order valence-corrected chi connectivity index (χ4v) is 3.41. The number of pyridine rings is 1. The molecule has 2 aromatic carbocycles. The minimum atomic E-state index is -0.719. The number of aliphatic imine (C=N–C) groups is 1. The summed E-state index contributed by atoms with van der Waals surface area (Å²) in [5.41, 5.74) is 1.94. The maximum Gasteiger partial charge on any atom is 0.252 e. The summed E-state index contributed by atoms with van der Waals surface area (Å²) in [5, 5.41) is 2.77. The highest BCUT2D eigenvalue weighted by Gasteiger charge is 2.22. The lowest BCUT2D eigenvalue weighted by Gasteiger charge is -2.10. The van der Waals surface area contributed by atoms with Gasteiger partial charge < -0.3 is 5.32 Å². The first kappa shape index (κ1) is 20.5. The Kier molecular flexibility index (Phi) is 5.93. The first-order chi connectivity index (χ1) is 15.0. The van der Waals surface area contributed by atoms with Crippen LogP contribution < -0.4 is 5.32 Å². The van der Waals surface area contributed by atoms with Crippen molar-refractivity contribution in [2.75, 3.05) is 13.1 Å². The van der Waals surface area contributed by atoms with Gasteiger partial charge in [-0.25, -0.2) is 13.2 Å². The molecular weight excluding hydrogens is 403 g/mol. The molecule has 7 heteroatoms. The molecule has 31 heavy (non-hydrogen) atoms. The van der Waals surface area contributed by atoms with E-state index >= 15 is 0 Å². The van der Waals surface area contributed by atoms with E-state index in [1.165, 1.54) is 30.3 Å². The van der Waals surface area contributed by atoms with Crippen LogP contribution in [0.3, 0.4) is 0 Å². The number of rotatable bonds is 6. The molecule has 156 valence electrons. The van der Waals surface area contributed by atoms with Gasteiger partial charge in [0.1, 0.15) is 17.5 Å². The average Bonchev–Trinajstić information content (AvgIpc) is 3.23. The lowest BCUT2D eigenvalue weighted by molar-refractivity contribution is 0.0953. The van der Waals surface area contributed by atoms with Crippen LogP contribution in [0.15, 0.2) is 71.9 Å². The Hall–Kier alpha value is -3.74. The molecule has 0 atom stereocenters. The van der Waals surface area contributed by atoms with Gasteiger partial charge in [-0.1, -0.05) is 12.1 Å². The minimum Gasteiger partial charge on any atom is -0.352 e. The van der Waals surface area contributed by atoms with E-state index in [9.17, 15) is 18.0 Å². The average molecular weight is 421 g/mol.